The molecule has 1 rings (SSSR count). The predicted molar refractivity (Wildman–Crippen MR) is 86.2 cm³/mol. The monoisotopic (exact) mass is 333 g/mol. The van der Waals surface area contributed by atoms with Crippen molar-refractivity contribution in [2.75, 3.05) is 46.5 Å². The topological polar surface area (TPSA) is 69.7 Å². The molecule has 0 aliphatic heterocycles. The molecule has 0 unspecified atom stereocenters. The highest BCUT2D eigenvalue weighted by Crippen LogP contribution is 2.07. The second-order valence-corrected chi connectivity index (χ2v) is 7.98. The van der Waals surface area contributed by atoms with Gasteiger partial charge in [-0.05, 0) is 38.5 Å². The van der Waals surface area contributed by atoms with Crippen molar-refractivity contribution < 1.29 is 13.2 Å². The minimum Gasteiger partial charge on any atom is -0.350 e. The average Bonchev–Trinajstić information content (AvgIpc) is 2.88. The molecule has 0 bridgehead atoms. The van der Waals surface area contributed by atoms with Crippen molar-refractivity contribution >= 4 is 27.3 Å². The van der Waals surface area contributed by atoms with Crippen molar-refractivity contribution in [3.8, 4) is 0 Å². The van der Waals surface area contributed by atoms with Gasteiger partial charge in [-0.3, -0.25) is 4.79 Å². The van der Waals surface area contributed by atoms with Crippen LogP contribution in [0.3, 0.4) is 0 Å². The van der Waals surface area contributed by atoms with Crippen LogP contribution >= 0.6 is 11.3 Å². The Balaban J connectivity index is 2.41. The number of amides is 1. The normalized spacial score (nSPS) is 12.0. The van der Waals surface area contributed by atoms with Gasteiger partial charge in [0.25, 0.3) is 5.91 Å². The molecular weight excluding hydrogens is 310 g/mol. The summed E-state index contributed by atoms with van der Waals surface area (Å²) in [6.45, 7) is 1.90. The average molecular weight is 333 g/mol. The maximum absolute atomic E-state index is 11.8. The zero-order valence-corrected chi connectivity index (χ0v) is 14.3. The predicted octanol–water partition coefficient (Wildman–Crippen LogP) is 0.691. The summed E-state index contributed by atoms with van der Waals surface area (Å²) < 4.78 is 24.8. The Morgan fingerprint density at radius 3 is 2.52 bits per heavy atom. The number of nitrogens with zero attached hydrogens (tertiary/aromatic N) is 2. The Hall–Kier alpha value is -0.960. The van der Waals surface area contributed by atoms with Crippen LogP contribution in [0.5, 0.6) is 0 Å². The van der Waals surface area contributed by atoms with Crippen molar-refractivity contribution in [2.45, 2.75) is 6.42 Å². The Morgan fingerprint density at radius 1 is 1.29 bits per heavy atom. The van der Waals surface area contributed by atoms with Gasteiger partial charge in [-0.1, -0.05) is 6.07 Å². The molecule has 6 nitrogen and oxygen atoms in total. The first-order valence-electron chi connectivity index (χ1n) is 6.72. The summed E-state index contributed by atoms with van der Waals surface area (Å²) >= 11 is 1.36. The van der Waals surface area contributed by atoms with Crippen LogP contribution in [-0.2, 0) is 10.0 Å². The second kappa shape index (κ2) is 8.47. The minimum absolute atomic E-state index is 0.160. The maximum atomic E-state index is 11.8. The number of nitrogens with one attached hydrogen (secondary N) is 1. The van der Waals surface area contributed by atoms with E-state index in [4.69, 9.17) is 0 Å². The molecule has 21 heavy (non-hydrogen) atoms. The highest BCUT2D eigenvalue weighted by molar-refractivity contribution is 7.88. The van der Waals surface area contributed by atoms with Gasteiger partial charge in [-0.2, -0.15) is 0 Å². The molecule has 0 atom stereocenters. The number of carbonyl (C=O) groups excluding carboxylic acids is 1. The van der Waals surface area contributed by atoms with E-state index in [2.05, 4.69) is 5.32 Å². The Bertz CT molecular complexity index is 527. The molecule has 0 aliphatic rings. The number of carbonyl (C=O) groups is 1. The standard InChI is InChI=1S/C13H23N3O3S2/c1-15(2)8-5-9-16(21(3,18)19)10-7-14-13(17)12-6-4-11-20-12/h4,6,11H,5,7-10H2,1-3H3,(H,14,17). The van der Waals surface area contributed by atoms with Crippen LogP contribution in [0.4, 0.5) is 0 Å². The molecule has 1 heterocycles. The van der Waals surface area contributed by atoms with E-state index in [0.717, 1.165) is 13.0 Å². The fraction of sp³-hybridized carbons (Fsp3) is 0.615. The first-order valence-corrected chi connectivity index (χ1v) is 9.45. The molecule has 1 aromatic rings. The van der Waals surface area contributed by atoms with E-state index in [1.807, 2.05) is 30.4 Å². The SMILES string of the molecule is CN(C)CCCN(CCNC(=O)c1cccs1)S(C)(=O)=O. The van der Waals surface area contributed by atoms with Crippen molar-refractivity contribution in [3.63, 3.8) is 0 Å². The van der Waals surface area contributed by atoms with Gasteiger partial charge in [0, 0.05) is 19.6 Å². The lowest BCUT2D eigenvalue weighted by molar-refractivity contribution is 0.0955. The summed E-state index contributed by atoms with van der Waals surface area (Å²) in [5.74, 6) is -0.160. The first-order chi connectivity index (χ1) is 9.80. The highest BCUT2D eigenvalue weighted by atomic mass is 32.2. The van der Waals surface area contributed by atoms with E-state index >= 15 is 0 Å². The lowest BCUT2D eigenvalue weighted by Gasteiger charge is -2.21. The third-order valence-corrected chi connectivity index (χ3v) is 5.05. The number of thiophene rings is 1. The van der Waals surface area contributed by atoms with Gasteiger partial charge in [0.05, 0.1) is 11.1 Å². The zero-order chi connectivity index (χ0) is 15.9. The summed E-state index contributed by atoms with van der Waals surface area (Å²) in [4.78, 5) is 14.4. The minimum atomic E-state index is -3.25. The van der Waals surface area contributed by atoms with Gasteiger partial charge in [0.2, 0.25) is 10.0 Å². The van der Waals surface area contributed by atoms with Crippen molar-refractivity contribution in [1.82, 2.24) is 14.5 Å². The zero-order valence-electron chi connectivity index (χ0n) is 12.7. The fourth-order valence-electron chi connectivity index (χ4n) is 1.80. The summed E-state index contributed by atoms with van der Waals surface area (Å²) in [7, 11) is 0.652. The van der Waals surface area contributed by atoms with E-state index < -0.39 is 10.0 Å². The number of rotatable bonds is 9. The summed E-state index contributed by atoms with van der Waals surface area (Å²) in [5.41, 5.74) is 0. The molecular formula is C13H23N3O3S2. The Labute approximate surface area is 130 Å². The maximum Gasteiger partial charge on any atom is 0.261 e. The van der Waals surface area contributed by atoms with E-state index in [0.29, 0.717) is 24.5 Å². The van der Waals surface area contributed by atoms with Crippen LogP contribution in [-0.4, -0.2) is 70.1 Å². The molecule has 0 fully saturated rings. The molecule has 1 amide bonds. The number of hydrogen-bond donors (Lipinski definition) is 1. The van der Waals surface area contributed by atoms with Crippen LogP contribution < -0.4 is 5.32 Å². The Morgan fingerprint density at radius 2 is 2.00 bits per heavy atom. The summed E-state index contributed by atoms with van der Waals surface area (Å²) in [6.07, 6.45) is 1.96. The molecule has 120 valence electrons. The summed E-state index contributed by atoms with van der Waals surface area (Å²) in [5, 5.41) is 4.57. The summed E-state index contributed by atoms with van der Waals surface area (Å²) in [6, 6.07) is 3.55. The van der Waals surface area contributed by atoms with E-state index in [9.17, 15) is 13.2 Å². The fourth-order valence-corrected chi connectivity index (χ4v) is 3.32. The van der Waals surface area contributed by atoms with Gasteiger partial charge in [0.1, 0.15) is 0 Å². The van der Waals surface area contributed by atoms with Crippen LogP contribution in [0, 0.1) is 0 Å². The molecule has 1 aromatic heterocycles. The molecule has 0 saturated heterocycles. The van der Waals surface area contributed by atoms with E-state index in [-0.39, 0.29) is 5.91 Å². The van der Waals surface area contributed by atoms with Crippen LogP contribution in [0.2, 0.25) is 0 Å². The first kappa shape index (κ1) is 18.1. The largest absolute Gasteiger partial charge is 0.350 e. The smallest absolute Gasteiger partial charge is 0.261 e. The molecule has 0 spiro atoms. The Kier molecular flexibility index (Phi) is 7.30. The lowest BCUT2D eigenvalue weighted by atomic mass is 10.4. The van der Waals surface area contributed by atoms with Crippen LogP contribution in [0.1, 0.15) is 16.1 Å². The van der Waals surface area contributed by atoms with Gasteiger partial charge in [-0.25, -0.2) is 12.7 Å². The van der Waals surface area contributed by atoms with E-state index in [1.165, 1.54) is 21.9 Å². The van der Waals surface area contributed by atoms with E-state index in [1.54, 1.807) is 6.07 Å². The molecule has 0 radical (unpaired) electrons. The highest BCUT2D eigenvalue weighted by Gasteiger charge is 2.16. The van der Waals surface area contributed by atoms with Gasteiger partial charge < -0.3 is 10.2 Å². The number of hydrogen-bond acceptors (Lipinski definition) is 5. The van der Waals surface area contributed by atoms with Crippen molar-refractivity contribution in [3.05, 3.63) is 22.4 Å². The molecule has 8 heteroatoms. The lowest BCUT2D eigenvalue weighted by Crippen LogP contribution is -2.39. The van der Waals surface area contributed by atoms with Crippen LogP contribution in [0.15, 0.2) is 17.5 Å². The van der Waals surface area contributed by atoms with Gasteiger partial charge in [-0.15, -0.1) is 11.3 Å². The molecule has 0 aliphatic carbocycles. The molecule has 0 aromatic carbocycles. The number of sulfonamides is 1. The van der Waals surface area contributed by atoms with Crippen molar-refractivity contribution in [2.24, 2.45) is 0 Å². The molecule has 1 N–H and O–H groups in total. The molecule has 0 saturated carbocycles. The quantitative estimate of drug-likeness (QED) is 0.722. The van der Waals surface area contributed by atoms with Gasteiger partial charge >= 0.3 is 0 Å². The second-order valence-electron chi connectivity index (χ2n) is 5.05. The third kappa shape index (κ3) is 7.03. The van der Waals surface area contributed by atoms with Crippen LogP contribution in [0.25, 0.3) is 0 Å². The third-order valence-electron chi connectivity index (χ3n) is 2.87. The van der Waals surface area contributed by atoms with Gasteiger partial charge in [0.15, 0.2) is 0 Å². The van der Waals surface area contributed by atoms with Crippen molar-refractivity contribution in [1.29, 1.82) is 0 Å².